The van der Waals surface area contributed by atoms with E-state index in [0.29, 0.717) is 6.61 Å². The summed E-state index contributed by atoms with van der Waals surface area (Å²) in [6.07, 6.45) is -0.119. The number of benzene rings is 1. The third kappa shape index (κ3) is 3.76. The zero-order chi connectivity index (χ0) is 13.9. The summed E-state index contributed by atoms with van der Waals surface area (Å²) >= 11 is 0. The lowest BCUT2D eigenvalue weighted by Crippen LogP contribution is -2.45. The van der Waals surface area contributed by atoms with Crippen LogP contribution in [0, 0.1) is 0 Å². The Labute approximate surface area is 114 Å². The Kier molecular flexibility index (Phi) is 4.58. The van der Waals surface area contributed by atoms with Crippen molar-refractivity contribution in [2.45, 2.75) is 44.7 Å². The molecule has 1 aromatic carbocycles. The average Bonchev–Trinajstić information content (AvgIpc) is 2.77. The zero-order valence-electron chi connectivity index (χ0n) is 11.8. The maximum atomic E-state index is 9.55. The first kappa shape index (κ1) is 14.5. The monoisotopic (exact) mass is 265 g/mol. The molecule has 0 spiro atoms. The van der Waals surface area contributed by atoms with Crippen molar-refractivity contribution in [3.8, 4) is 0 Å². The summed E-state index contributed by atoms with van der Waals surface area (Å²) in [5.41, 5.74) is 1.19. The van der Waals surface area contributed by atoms with Gasteiger partial charge in [0.05, 0.1) is 19.3 Å². The Morgan fingerprint density at radius 1 is 1.37 bits per heavy atom. The van der Waals surface area contributed by atoms with E-state index >= 15 is 0 Å². The molecule has 106 valence electrons. The minimum atomic E-state index is -0.560. The first-order valence-electron chi connectivity index (χ1n) is 6.75. The van der Waals surface area contributed by atoms with Gasteiger partial charge in [-0.2, -0.15) is 0 Å². The largest absolute Gasteiger partial charge is 0.395 e. The Morgan fingerprint density at radius 3 is 2.58 bits per heavy atom. The molecular weight excluding hydrogens is 242 g/mol. The summed E-state index contributed by atoms with van der Waals surface area (Å²) < 4.78 is 11.3. The molecule has 1 aromatic rings. The van der Waals surface area contributed by atoms with Gasteiger partial charge in [-0.3, -0.25) is 0 Å². The van der Waals surface area contributed by atoms with Crippen LogP contribution in [0.15, 0.2) is 30.3 Å². The van der Waals surface area contributed by atoms with Crippen molar-refractivity contribution in [2.75, 3.05) is 13.2 Å². The highest BCUT2D eigenvalue weighted by Gasteiger charge is 2.37. The molecule has 1 heterocycles. The first-order chi connectivity index (χ1) is 9.02. The molecule has 0 aliphatic carbocycles. The molecule has 2 N–H and O–H groups in total. The molecule has 0 saturated carbocycles. The highest BCUT2D eigenvalue weighted by Crippen LogP contribution is 2.25. The number of rotatable bonds is 5. The van der Waals surface area contributed by atoms with E-state index in [1.165, 1.54) is 5.56 Å². The molecule has 4 heteroatoms. The van der Waals surface area contributed by atoms with Crippen LogP contribution in [-0.4, -0.2) is 36.3 Å². The van der Waals surface area contributed by atoms with Crippen LogP contribution in [0.25, 0.3) is 0 Å². The van der Waals surface area contributed by atoms with Crippen LogP contribution in [-0.2, 0) is 9.47 Å². The number of nitrogens with one attached hydrogen (secondary N) is 1. The van der Waals surface area contributed by atoms with Gasteiger partial charge in [0.2, 0.25) is 0 Å². The van der Waals surface area contributed by atoms with Crippen LogP contribution in [0.3, 0.4) is 0 Å². The number of ether oxygens (including phenoxy) is 2. The smallest absolute Gasteiger partial charge is 0.163 e. The second kappa shape index (κ2) is 6.01. The van der Waals surface area contributed by atoms with E-state index in [1.54, 1.807) is 0 Å². The van der Waals surface area contributed by atoms with Gasteiger partial charge < -0.3 is 19.9 Å². The SMILES string of the molecule is C[C@H](N[C@@H](CO)[C@@H]1COC(C)(C)O1)c1ccccc1. The molecule has 19 heavy (non-hydrogen) atoms. The lowest BCUT2D eigenvalue weighted by Gasteiger charge is -2.27. The fourth-order valence-corrected chi connectivity index (χ4v) is 2.35. The highest BCUT2D eigenvalue weighted by atomic mass is 16.7. The maximum Gasteiger partial charge on any atom is 0.163 e. The van der Waals surface area contributed by atoms with Crippen molar-refractivity contribution in [2.24, 2.45) is 0 Å². The lowest BCUT2D eigenvalue weighted by atomic mass is 10.1. The van der Waals surface area contributed by atoms with E-state index in [1.807, 2.05) is 32.0 Å². The molecule has 0 radical (unpaired) electrons. The molecule has 3 atom stereocenters. The number of aliphatic hydroxyl groups excluding tert-OH is 1. The normalized spacial score (nSPS) is 25.2. The summed E-state index contributed by atoms with van der Waals surface area (Å²) in [5, 5.41) is 13.0. The fraction of sp³-hybridized carbons (Fsp3) is 0.600. The molecule has 4 nitrogen and oxygen atoms in total. The molecule has 0 bridgehead atoms. The second-order valence-corrected chi connectivity index (χ2v) is 5.46. The van der Waals surface area contributed by atoms with E-state index in [2.05, 4.69) is 24.4 Å². The van der Waals surface area contributed by atoms with Crippen LogP contribution in [0.5, 0.6) is 0 Å². The molecule has 1 fully saturated rings. The van der Waals surface area contributed by atoms with Crippen molar-refractivity contribution in [1.82, 2.24) is 5.32 Å². The van der Waals surface area contributed by atoms with Crippen LogP contribution >= 0.6 is 0 Å². The van der Waals surface area contributed by atoms with E-state index in [-0.39, 0.29) is 24.8 Å². The summed E-state index contributed by atoms with van der Waals surface area (Å²) in [4.78, 5) is 0. The van der Waals surface area contributed by atoms with Gasteiger partial charge in [-0.05, 0) is 26.3 Å². The van der Waals surface area contributed by atoms with Crippen molar-refractivity contribution < 1.29 is 14.6 Å². The van der Waals surface area contributed by atoms with Crippen LogP contribution in [0.4, 0.5) is 0 Å². The third-order valence-corrected chi connectivity index (χ3v) is 3.44. The van der Waals surface area contributed by atoms with Crippen molar-refractivity contribution in [3.05, 3.63) is 35.9 Å². The van der Waals surface area contributed by atoms with Gasteiger partial charge in [-0.15, -0.1) is 0 Å². The minimum Gasteiger partial charge on any atom is -0.395 e. The Balaban J connectivity index is 1.96. The predicted octanol–water partition coefficient (Wildman–Crippen LogP) is 1.85. The predicted molar refractivity (Wildman–Crippen MR) is 73.8 cm³/mol. The highest BCUT2D eigenvalue weighted by molar-refractivity contribution is 5.18. The Hall–Kier alpha value is -0.940. The van der Waals surface area contributed by atoms with Gasteiger partial charge in [0, 0.05) is 6.04 Å². The number of hydrogen-bond donors (Lipinski definition) is 2. The van der Waals surface area contributed by atoms with Crippen LogP contribution in [0.1, 0.15) is 32.4 Å². The minimum absolute atomic E-state index is 0.0290. The molecule has 2 rings (SSSR count). The van der Waals surface area contributed by atoms with E-state index < -0.39 is 5.79 Å². The van der Waals surface area contributed by atoms with E-state index in [4.69, 9.17) is 9.47 Å². The van der Waals surface area contributed by atoms with Crippen molar-refractivity contribution in [1.29, 1.82) is 0 Å². The second-order valence-electron chi connectivity index (χ2n) is 5.46. The fourth-order valence-electron chi connectivity index (χ4n) is 2.35. The Bertz CT molecular complexity index is 394. The first-order valence-corrected chi connectivity index (χ1v) is 6.75. The quantitative estimate of drug-likeness (QED) is 0.853. The van der Waals surface area contributed by atoms with Gasteiger partial charge in [-0.25, -0.2) is 0 Å². The number of aliphatic hydroxyl groups is 1. The zero-order valence-corrected chi connectivity index (χ0v) is 11.8. The standard InChI is InChI=1S/C15H23NO3/c1-11(12-7-5-4-6-8-12)16-13(9-17)14-10-18-15(2,3)19-14/h4-8,11,13-14,16-17H,9-10H2,1-3H3/t11-,13-,14-/m0/s1. The van der Waals surface area contributed by atoms with Crippen LogP contribution < -0.4 is 5.32 Å². The number of hydrogen-bond acceptors (Lipinski definition) is 4. The third-order valence-electron chi connectivity index (χ3n) is 3.44. The van der Waals surface area contributed by atoms with Crippen molar-refractivity contribution >= 4 is 0 Å². The van der Waals surface area contributed by atoms with Gasteiger partial charge in [-0.1, -0.05) is 30.3 Å². The summed E-state index contributed by atoms with van der Waals surface area (Å²) in [6, 6.07) is 10.2. The molecule has 1 saturated heterocycles. The van der Waals surface area contributed by atoms with Gasteiger partial charge in [0.1, 0.15) is 6.10 Å². The van der Waals surface area contributed by atoms with Gasteiger partial charge in [0.15, 0.2) is 5.79 Å². The van der Waals surface area contributed by atoms with E-state index in [0.717, 1.165) is 0 Å². The molecule has 0 aromatic heterocycles. The average molecular weight is 265 g/mol. The molecule has 1 aliphatic heterocycles. The van der Waals surface area contributed by atoms with E-state index in [9.17, 15) is 5.11 Å². The van der Waals surface area contributed by atoms with Crippen LogP contribution in [0.2, 0.25) is 0 Å². The summed E-state index contributed by atoms with van der Waals surface area (Å²) in [6.45, 7) is 6.40. The Morgan fingerprint density at radius 2 is 2.05 bits per heavy atom. The maximum absolute atomic E-state index is 9.55. The summed E-state index contributed by atoms with van der Waals surface area (Å²) in [7, 11) is 0. The molecular formula is C15H23NO3. The van der Waals surface area contributed by atoms with Gasteiger partial charge >= 0.3 is 0 Å². The summed E-state index contributed by atoms with van der Waals surface area (Å²) in [5.74, 6) is -0.560. The molecule has 1 aliphatic rings. The lowest BCUT2D eigenvalue weighted by molar-refractivity contribution is -0.143. The topological polar surface area (TPSA) is 50.7 Å². The van der Waals surface area contributed by atoms with Gasteiger partial charge in [0.25, 0.3) is 0 Å². The molecule has 0 amide bonds. The molecule has 0 unspecified atom stereocenters. The van der Waals surface area contributed by atoms with Crippen molar-refractivity contribution in [3.63, 3.8) is 0 Å².